The van der Waals surface area contributed by atoms with Crippen molar-refractivity contribution in [1.82, 2.24) is 19.9 Å². The molecule has 1 amide bonds. The largest absolute Gasteiger partial charge is 0.352 e. The number of aromatic nitrogens is 3. The highest BCUT2D eigenvalue weighted by molar-refractivity contribution is 5.93. The Bertz CT molecular complexity index is 627. The maximum atomic E-state index is 12.7. The average Bonchev–Trinajstić information content (AvgIpc) is 2.56. The molecule has 0 radical (unpaired) electrons. The van der Waals surface area contributed by atoms with Gasteiger partial charge in [0.2, 0.25) is 5.95 Å². The van der Waals surface area contributed by atoms with Crippen molar-refractivity contribution < 1.29 is 4.79 Å². The van der Waals surface area contributed by atoms with Crippen molar-refractivity contribution in [3.8, 4) is 0 Å². The number of amides is 1. The Morgan fingerprint density at radius 3 is 2.48 bits per heavy atom. The molecule has 0 aliphatic rings. The fourth-order valence-corrected chi connectivity index (χ4v) is 2.42. The Kier molecular flexibility index (Phi) is 5.62. The van der Waals surface area contributed by atoms with E-state index in [9.17, 15) is 4.79 Å². The fraction of sp³-hybridized carbons (Fsp3) is 0.412. The van der Waals surface area contributed by atoms with Gasteiger partial charge in [-0.2, -0.15) is 0 Å². The summed E-state index contributed by atoms with van der Waals surface area (Å²) in [6, 6.07) is 4.09. The van der Waals surface area contributed by atoms with Crippen LogP contribution in [0.4, 0.5) is 5.95 Å². The van der Waals surface area contributed by atoms with Gasteiger partial charge in [0.15, 0.2) is 0 Å². The molecule has 6 heteroatoms. The quantitative estimate of drug-likeness (QED) is 0.888. The summed E-state index contributed by atoms with van der Waals surface area (Å²) in [4.78, 5) is 26.9. The molecule has 23 heavy (non-hydrogen) atoms. The third-order valence-corrected chi connectivity index (χ3v) is 3.56. The smallest absolute Gasteiger partial charge is 0.257 e. The highest BCUT2D eigenvalue weighted by atomic mass is 16.2. The number of anilines is 1. The lowest BCUT2D eigenvalue weighted by Gasteiger charge is -2.27. The molecule has 1 N–H and O–H groups in total. The summed E-state index contributed by atoms with van der Waals surface area (Å²) in [5.41, 5.74) is 1.49. The van der Waals surface area contributed by atoms with Gasteiger partial charge in [-0.25, -0.2) is 9.97 Å². The van der Waals surface area contributed by atoms with Gasteiger partial charge in [-0.1, -0.05) is 13.0 Å². The van der Waals surface area contributed by atoms with Crippen molar-refractivity contribution in [2.75, 3.05) is 12.4 Å². The van der Waals surface area contributed by atoms with E-state index in [-0.39, 0.29) is 18.0 Å². The Labute approximate surface area is 137 Å². The van der Waals surface area contributed by atoms with Crippen molar-refractivity contribution in [1.29, 1.82) is 0 Å². The standard InChI is InChI=1S/C17H23N5O/c1-5-15(13-7-6-8-18-9-13)22(4)16(23)14-10-19-17(20-11-14)21-12(2)3/h6-12,15H,5H2,1-4H3,(H,19,20,21)/t15-/m0/s1. The molecule has 1 atom stereocenters. The molecule has 0 spiro atoms. The summed E-state index contributed by atoms with van der Waals surface area (Å²) in [7, 11) is 1.80. The number of nitrogens with zero attached hydrogens (tertiary/aromatic N) is 4. The van der Waals surface area contributed by atoms with E-state index in [0.29, 0.717) is 11.5 Å². The molecule has 0 bridgehead atoms. The minimum Gasteiger partial charge on any atom is -0.352 e. The van der Waals surface area contributed by atoms with E-state index >= 15 is 0 Å². The molecule has 2 heterocycles. The SMILES string of the molecule is CC[C@@H](c1cccnc1)N(C)C(=O)c1cnc(NC(C)C)nc1. The minimum atomic E-state index is -0.100. The highest BCUT2D eigenvalue weighted by Gasteiger charge is 2.22. The molecule has 0 saturated carbocycles. The predicted octanol–water partition coefficient (Wildman–Crippen LogP) is 2.92. The Balaban J connectivity index is 2.15. The van der Waals surface area contributed by atoms with Crippen molar-refractivity contribution in [3.63, 3.8) is 0 Å². The number of carbonyl (C=O) groups excluding carboxylic acids is 1. The van der Waals surface area contributed by atoms with Crippen molar-refractivity contribution in [2.24, 2.45) is 0 Å². The van der Waals surface area contributed by atoms with Crippen LogP contribution in [0.25, 0.3) is 0 Å². The van der Waals surface area contributed by atoms with Gasteiger partial charge in [0.05, 0.1) is 11.6 Å². The topological polar surface area (TPSA) is 71.0 Å². The molecule has 0 unspecified atom stereocenters. The van der Waals surface area contributed by atoms with Crippen LogP contribution in [0.15, 0.2) is 36.9 Å². The molecule has 6 nitrogen and oxygen atoms in total. The molecule has 2 aromatic heterocycles. The second kappa shape index (κ2) is 7.67. The molecular weight excluding hydrogens is 290 g/mol. The lowest BCUT2D eigenvalue weighted by molar-refractivity contribution is 0.0725. The van der Waals surface area contributed by atoms with Crippen LogP contribution in [0.2, 0.25) is 0 Å². The van der Waals surface area contributed by atoms with Crippen molar-refractivity contribution in [2.45, 2.75) is 39.3 Å². The van der Waals surface area contributed by atoms with E-state index in [2.05, 4.69) is 20.3 Å². The second-order valence-electron chi connectivity index (χ2n) is 5.72. The maximum absolute atomic E-state index is 12.7. The Morgan fingerprint density at radius 1 is 1.26 bits per heavy atom. The maximum Gasteiger partial charge on any atom is 0.257 e. The van der Waals surface area contributed by atoms with Gasteiger partial charge in [0, 0.05) is 37.9 Å². The molecule has 0 saturated heterocycles. The van der Waals surface area contributed by atoms with E-state index in [1.807, 2.05) is 32.9 Å². The van der Waals surface area contributed by atoms with Crippen molar-refractivity contribution >= 4 is 11.9 Å². The van der Waals surface area contributed by atoms with Gasteiger partial charge in [-0.15, -0.1) is 0 Å². The first-order chi connectivity index (χ1) is 11.0. The first-order valence-corrected chi connectivity index (χ1v) is 7.78. The van der Waals surface area contributed by atoms with Gasteiger partial charge < -0.3 is 10.2 Å². The molecule has 0 aliphatic heterocycles. The molecule has 122 valence electrons. The van der Waals surface area contributed by atoms with Crippen LogP contribution in [-0.2, 0) is 0 Å². The van der Waals surface area contributed by atoms with E-state index in [0.717, 1.165) is 12.0 Å². The highest BCUT2D eigenvalue weighted by Crippen LogP contribution is 2.23. The zero-order valence-corrected chi connectivity index (χ0v) is 14.0. The van der Waals surface area contributed by atoms with E-state index < -0.39 is 0 Å². The number of carbonyl (C=O) groups is 1. The fourth-order valence-electron chi connectivity index (χ4n) is 2.42. The summed E-state index contributed by atoms with van der Waals surface area (Å²) >= 11 is 0. The second-order valence-corrected chi connectivity index (χ2v) is 5.72. The van der Waals surface area contributed by atoms with Crippen LogP contribution in [0.5, 0.6) is 0 Å². The summed E-state index contributed by atoms with van der Waals surface area (Å²) in [6.45, 7) is 6.07. The summed E-state index contributed by atoms with van der Waals surface area (Å²) in [5.74, 6) is 0.426. The van der Waals surface area contributed by atoms with Gasteiger partial charge >= 0.3 is 0 Å². The van der Waals surface area contributed by atoms with Crippen LogP contribution in [0.1, 0.15) is 49.2 Å². The first-order valence-electron chi connectivity index (χ1n) is 7.78. The Hall–Kier alpha value is -2.50. The monoisotopic (exact) mass is 313 g/mol. The van der Waals surface area contributed by atoms with Crippen LogP contribution >= 0.6 is 0 Å². The van der Waals surface area contributed by atoms with Crippen molar-refractivity contribution in [3.05, 3.63) is 48.0 Å². The predicted molar refractivity (Wildman–Crippen MR) is 90.2 cm³/mol. The van der Waals surface area contributed by atoms with Crippen LogP contribution < -0.4 is 5.32 Å². The number of rotatable bonds is 6. The van der Waals surface area contributed by atoms with Crippen LogP contribution in [-0.4, -0.2) is 38.8 Å². The molecule has 0 aromatic carbocycles. The number of pyridine rings is 1. The van der Waals surface area contributed by atoms with Crippen LogP contribution in [0.3, 0.4) is 0 Å². The van der Waals surface area contributed by atoms with Gasteiger partial charge in [0.1, 0.15) is 0 Å². The van der Waals surface area contributed by atoms with E-state index in [1.54, 1.807) is 36.7 Å². The average molecular weight is 313 g/mol. The lowest BCUT2D eigenvalue weighted by atomic mass is 10.0. The van der Waals surface area contributed by atoms with Crippen LogP contribution in [0, 0.1) is 0 Å². The van der Waals surface area contributed by atoms with Gasteiger partial charge in [-0.05, 0) is 31.9 Å². The third-order valence-electron chi connectivity index (χ3n) is 3.56. The third kappa shape index (κ3) is 4.25. The zero-order chi connectivity index (χ0) is 16.8. The van der Waals surface area contributed by atoms with E-state index in [4.69, 9.17) is 0 Å². The minimum absolute atomic E-state index is 0.0235. The Morgan fingerprint density at radius 2 is 1.96 bits per heavy atom. The number of hydrogen-bond donors (Lipinski definition) is 1. The van der Waals surface area contributed by atoms with E-state index in [1.165, 1.54) is 0 Å². The molecule has 2 rings (SSSR count). The van der Waals surface area contributed by atoms with Gasteiger partial charge in [0.25, 0.3) is 5.91 Å². The summed E-state index contributed by atoms with van der Waals surface area (Å²) in [6.07, 6.45) is 7.46. The molecule has 2 aromatic rings. The van der Waals surface area contributed by atoms with Gasteiger partial charge in [-0.3, -0.25) is 9.78 Å². The molecular formula is C17H23N5O. The number of nitrogens with one attached hydrogen (secondary N) is 1. The molecule has 0 aliphatic carbocycles. The lowest BCUT2D eigenvalue weighted by Crippen LogP contribution is -2.31. The first kappa shape index (κ1) is 16.9. The number of hydrogen-bond acceptors (Lipinski definition) is 5. The summed E-state index contributed by atoms with van der Waals surface area (Å²) < 4.78 is 0. The zero-order valence-electron chi connectivity index (χ0n) is 14.0. The summed E-state index contributed by atoms with van der Waals surface area (Å²) in [5, 5.41) is 3.10. The molecule has 0 fully saturated rings. The normalized spacial score (nSPS) is 12.0.